The van der Waals surface area contributed by atoms with Crippen molar-refractivity contribution in [2.24, 2.45) is 0 Å². The first kappa shape index (κ1) is 15.4. The molecule has 2 aromatic rings. The van der Waals surface area contributed by atoms with Gasteiger partial charge < -0.3 is 15.8 Å². The Morgan fingerprint density at radius 1 is 1.19 bits per heavy atom. The van der Waals surface area contributed by atoms with E-state index in [0.717, 1.165) is 21.3 Å². The summed E-state index contributed by atoms with van der Waals surface area (Å²) in [5.41, 5.74) is 9.58. The number of amides is 1. The zero-order valence-electron chi connectivity index (χ0n) is 12.2. The van der Waals surface area contributed by atoms with Crippen LogP contribution in [0.15, 0.2) is 34.8 Å². The lowest BCUT2D eigenvalue weighted by Gasteiger charge is -2.13. The summed E-state index contributed by atoms with van der Waals surface area (Å²) in [5.74, 6) is 0.300. The number of hydrogen-bond acceptors (Lipinski definition) is 3. The molecule has 0 unspecified atom stereocenters. The van der Waals surface area contributed by atoms with Crippen molar-refractivity contribution >= 4 is 33.2 Å². The molecule has 0 spiro atoms. The summed E-state index contributed by atoms with van der Waals surface area (Å²) in [5, 5.41) is 2.94. The van der Waals surface area contributed by atoms with Crippen LogP contribution in [0, 0.1) is 13.8 Å². The van der Waals surface area contributed by atoms with E-state index in [1.807, 2.05) is 26.0 Å². The SMILES string of the molecule is COc1cc(C(=O)Nc2c(C)cc(Br)cc2C)ccc1N. The first-order valence-corrected chi connectivity index (χ1v) is 7.23. The Bertz CT molecular complexity index is 676. The summed E-state index contributed by atoms with van der Waals surface area (Å²) in [7, 11) is 1.52. The van der Waals surface area contributed by atoms with Gasteiger partial charge in [-0.3, -0.25) is 4.79 Å². The van der Waals surface area contributed by atoms with E-state index in [0.29, 0.717) is 17.0 Å². The molecule has 0 aliphatic heterocycles. The van der Waals surface area contributed by atoms with Gasteiger partial charge in [-0.1, -0.05) is 15.9 Å². The number of nitrogens with two attached hydrogens (primary N) is 1. The first-order valence-electron chi connectivity index (χ1n) is 6.44. The number of rotatable bonds is 3. The molecular weight excluding hydrogens is 332 g/mol. The summed E-state index contributed by atoms with van der Waals surface area (Å²) < 4.78 is 6.13. The molecule has 0 aliphatic rings. The van der Waals surface area contributed by atoms with Crippen molar-refractivity contribution < 1.29 is 9.53 Å². The highest BCUT2D eigenvalue weighted by Gasteiger charge is 2.12. The van der Waals surface area contributed by atoms with Crippen LogP contribution in [0.1, 0.15) is 21.5 Å². The second-order valence-corrected chi connectivity index (χ2v) is 5.74. The fourth-order valence-corrected chi connectivity index (χ4v) is 2.83. The molecule has 0 bridgehead atoms. The molecule has 0 atom stereocenters. The van der Waals surface area contributed by atoms with Crippen LogP contribution in [-0.4, -0.2) is 13.0 Å². The topological polar surface area (TPSA) is 64.3 Å². The molecule has 0 fully saturated rings. The van der Waals surface area contributed by atoms with Crippen LogP contribution in [0.5, 0.6) is 5.75 Å². The number of nitrogens with one attached hydrogen (secondary N) is 1. The fraction of sp³-hybridized carbons (Fsp3) is 0.188. The highest BCUT2D eigenvalue weighted by molar-refractivity contribution is 9.10. The van der Waals surface area contributed by atoms with Crippen molar-refractivity contribution in [3.8, 4) is 5.75 Å². The van der Waals surface area contributed by atoms with Gasteiger partial charge in [0.15, 0.2) is 0 Å². The minimum Gasteiger partial charge on any atom is -0.495 e. The molecule has 0 saturated carbocycles. The second kappa shape index (κ2) is 6.18. The fourth-order valence-electron chi connectivity index (χ4n) is 2.15. The maximum atomic E-state index is 12.4. The number of halogens is 1. The molecule has 0 aliphatic carbocycles. The van der Waals surface area contributed by atoms with Crippen LogP contribution in [0.3, 0.4) is 0 Å². The Labute approximate surface area is 132 Å². The number of carbonyl (C=O) groups excluding carboxylic acids is 1. The Balaban J connectivity index is 2.30. The summed E-state index contributed by atoms with van der Waals surface area (Å²) in [4.78, 5) is 12.4. The largest absolute Gasteiger partial charge is 0.495 e. The van der Waals surface area contributed by atoms with Crippen molar-refractivity contribution in [3.05, 3.63) is 51.5 Å². The molecule has 4 nitrogen and oxygen atoms in total. The summed E-state index contributed by atoms with van der Waals surface area (Å²) in [6.45, 7) is 3.91. The maximum absolute atomic E-state index is 12.4. The van der Waals surface area contributed by atoms with Crippen molar-refractivity contribution in [1.29, 1.82) is 0 Å². The van der Waals surface area contributed by atoms with Crippen molar-refractivity contribution in [3.63, 3.8) is 0 Å². The van der Waals surface area contributed by atoms with Gasteiger partial charge in [0.05, 0.1) is 12.8 Å². The Kier molecular flexibility index (Phi) is 4.53. The highest BCUT2D eigenvalue weighted by Crippen LogP contribution is 2.27. The van der Waals surface area contributed by atoms with E-state index in [1.165, 1.54) is 7.11 Å². The van der Waals surface area contributed by atoms with Crippen LogP contribution in [0.25, 0.3) is 0 Å². The molecule has 0 radical (unpaired) electrons. The number of benzene rings is 2. The van der Waals surface area contributed by atoms with Crippen LogP contribution >= 0.6 is 15.9 Å². The average molecular weight is 349 g/mol. The van der Waals surface area contributed by atoms with E-state index >= 15 is 0 Å². The van der Waals surface area contributed by atoms with E-state index < -0.39 is 0 Å². The molecule has 1 amide bonds. The lowest BCUT2D eigenvalue weighted by Crippen LogP contribution is -2.14. The lowest BCUT2D eigenvalue weighted by molar-refractivity contribution is 0.102. The summed E-state index contributed by atoms with van der Waals surface area (Å²) in [6.07, 6.45) is 0. The smallest absolute Gasteiger partial charge is 0.255 e. The van der Waals surface area contributed by atoms with Gasteiger partial charge in [0.25, 0.3) is 5.91 Å². The molecule has 0 heterocycles. The quantitative estimate of drug-likeness (QED) is 0.826. The third kappa shape index (κ3) is 3.36. The zero-order valence-corrected chi connectivity index (χ0v) is 13.7. The summed E-state index contributed by atoms with van der Waals surface area (Å²) in [6, 6.07) is 8.90. The van der Waals surface area contributed by atoms with Gasteiger partial charge in [-0.05, 0) is 55.3 Å². The van der Waals surface area contributed by atoms with Crippen molar-refractivity contribution in [2.75, 3.05) is 18.2 Å². The van der Waals surface area contributed by atoms with Gasteiger partial charge >= 0.3 is 0 Å². The molecule has 5 heteroatoms. The van der Waals surface area contributed by atoms with Crippen LogP contribution < -0.4 is 15.8 Å². The van der Waals surface area contributed by atoms with E-state index in [-0.39, 0.29) is 5.91 Å². The number of ether oxygens (including phenoxy) is 1. The Morgan fingerprint density at radius 2 is 1.81 bits per heavy atom. The van der Waals surface area contributed by atoms with Crippen molar-refractivity contribution in [2.45, 2.75) is 13.8 Å². The number of aryl methyl sites for hydroxylation is 2. The predicted octanol–water partition coefficient (Wildman–Crippen LogP) is 3.91. The number of nitrogen functional groups attached to an aromatic ring is 1. The molecule has 110 valence electrons. The predicted molar refractivity (Wildman–Crippen MR) is 89.0 cm³/mol. The van der Waals surface area contributed by atoms with E-state index in [9.17, 15) is 4.79 Å². The first-order chi connectivity index (χ1) is 9.92. The minimum atomic E-state index is -0.193. The Morgan fingerprint density at radius 3 is 2.38 bits per heavy atom. The zero-order chi connectivity index (χ0) is 15.6. The molecule has 0 aromatic heterocycles. The third-order valence-corrected chi connectivity index (χ3v) is 3.69. The van der Waals surface area contributed by atoms with Gasteiger partial charge in [-0.2, -0.15) is 0 Å². The van der Waals surface area contributed by atoms with Gasteiger partial charge in [0.2, 0.25) is 0 Å². The van der Waals surface area contributed by atoms with Crippen LogP contribution in [0.4, 0.5) is 11.4 Å². The van der Waals surface area contributed by atoms with E-state index in [1.54, 1.807) is 18.2 Å². The number of hydrogen-bond donors (Lipinski definition) is 2. The average Bonchev–Trinajstić information content (AvgIpc) is 2.43. The molecular formula is C16H17BrN2O2. The molecule has 2 rings (SSSR count). The standard InChI is InChI=1S/C16H17BrN2O2/c1-9-6-12(17)7-10(2)15(9)19-16(20)11-4-5-13(18)14(8-11)21-3/h4-8H,18H2,1-3H3,(H,19,20). The maximum Gasteiger partial charge on any atom is 0.255 e. The van der Waals surface area contributed by atoms with Gasteiger partial charge in [0, 0.05) is 15.7 Å². The normalized spacial score (nSPS) is 10.3. The highest BCUT2D eigenvalue weighted by atomic mass is 79.9. The molecule has 0 saturated heterocycles. The lowest BCUT2D eigenvalue weighted by atomic mass is 10.1. The number of methoxy groups -OCH3 is 1. The molecule has 21 heavy (non-hydrogen) atoms. The van der Waals surface area contributed by atoms with Gasteiger partial charge in [0.1, 0.15) is 5.75 Å². The van der Waals surface area contributed by atoms with E-state index in [4.69, 9.17) is 10.5 Å². The van der Waals surface area contributed by atoms with Crippen LogP contribution in [0.2, 0.25) is 0 Å². The van der Waals surface area contributed by atoms with Gasteiger partial charge in [-0.15, -0.1) is 0 Å². The number of anilines is 2. The third-order valence-electron chi connectivity index (χ3n) is 3.23. The van der Waals surface area contributed by atoms with Gasteiger partial charge in [-0.25, -0.2) is 0 Å². The summed E-state index contributed by atoms with van der Waals surface area (Å²) >= 11 is 3.44. The Hall–Kier alpha value is -2.01. The second-order valence-electron chi connectivity index (χ2n) is 4.83. The minimum absolute atomic E-state index is 0.193. The van der Waals surface area contributed by atoms with Crippen molar-refractivity contribution in [1.82, 2.24) is 0 Å². The van der Waals surface area contributed by atoms with Crippen LogP contribution in [-0.2, 0) is 0 Å². The monoisotopic (exact) mass is 348 g/mol. The molecule has 2 aromatic carbocycles. The van der Waals surface area contributed by atoms with E-state index in [2.05, 4.69) is 21.2 Å². The molecule has 3 N–H and O–H groups in total. The number of carbonyl (C=O) groups is 1.